The van der Waals surface area contributed by atoms with Crippen molar-refractivity contribution in [3.05, 3.63) is 66.2 Å². The quantitative estimate of drug-likeness (QED) is 0.630. The Hall–Kier alpha value is -3.48. The van der Waals surface area contributed by atoms with E-state index in [9.17, 15) is 4.79 Å². The van der Waals surface area contributed by atoms with Crippen LogP contribution >= 0.6 is 0 Å². The molecule has 2 atom stereocenters. The highest BCUT2D eigenvalue weighted by Gasteiger charge is 2.35. The average molecular weight is 433 g/mol. The number of aromatic nitrogens is 3. The van der Waals surface area contributed by atoms with E-state index in [1.54, 1.807) is 38.6 Å². The molecule has 2 unspecified atom stereocenters. The lowest BCUT2D eigenvalue weighted by atomic mass is 9.74. The minimum atomic E-state index is -0.684. The van der Waals surface area contributed by atoms with Gasteiger partial charge in [0.25, 0.3) is 5.91 Å². The molecular weight excluding hydrogens is 404 g/mol. The maximum Gasteiger partial charge on any atom is 0.261 e. The maximum atomic E-state index is 13.0. The van der Waals surface area contributed by atoms with E-state index in [1.807, 2.05) is 30.5 Å². The van der Waals surface area contributed by atoms with Crippen LogP contribution in [0.2, 0.25) is 0 Å². The Balaban J connectivity index is 1.54. The Morgan fingerprint density at radius 2 is 1.88 bits per heavy atom. The second kappa shape index (κ2) is 8.94. The van der Waals surface area contributed by atoms with Gasteiger partial charge in [0.1, 0.15) is 0 Å². The van der Waals surface area contributed by atoms with E-state index in [1.165, 1.54) is 0 Å². The first kappa shape index (κ1) is 21.7. The number of para-hydroxylation sites is 2. The van der Waals surface area contributed by atoms with E-state index < -0.39 is 6.10 Å². The number of ether oxygens (including phenoxy) is 2. The minimum absolute atomic E-state index is 0.0123. The molecule has 7 nitrogen and oxygen atoms in total. The zero-order valence-corrected chi connectivity index (χ0v) is 18.8. The lowest BCUT2D eigenvalue weighted by molar-refractivity contribution is -0.128. The Labute approximate surface area is 188 Å². The van der Waals surface area contributed by atoms with Gasteiger partial charge in [-0.1, -0.05) is 26.0 Å². The van der Waals surface area contributed by atoms with Gasteiger partial charge in [0, 0.05) is 29.7 Å². The van der Waals surface area contributed by atoms with Gasteiger partial charge in [-0.3, -0.25) is 9.78 Å². The molecule has 2 heterocycles. The summed E-state index contributed by atoms with van der Waals surface area (Å²) in [4.78, 5) is 26.5. The molecule has 0 saturated carbocycles. The molecule has 0 radical (unpaired) electrons. The second-order valence-electron chi connectivity index (χ2n) is 8.85. The van der Waals surface area contributed by atoms with Gasteiger partial charge in [-0.2, -0.15) is 0 Å². The number of hydrogen-bond acceptors (Lipinski definition) is 6. The zero-order valence-electron chi connectivity index (χ0n) is 18.8. The number of benzene rings is 1. The summed E-state index contributed by atoms with van der Waals surface area (Å²) >= 11 is 0. The Morgan fingerprint density at radius 3 is 2.59 bits per heavy atom. The van der Waals surface area contributed by atoms with Crippen LogP contribution in [0.3, 0.4) is 0 Å². The van der Waals surface area contributed by atoms with Crippen LogP contribution in [-0.2, 0) is 11.2 Å². The highest BCUT2D eigenvalue weighted by Crippen LogP contribution is 2.40. The lowest BCUT2D eigenvalue weighted by Crippen LogP contribution is -2.42. The Kier molecular flexibility index (Phi) is 6.08. The van der Waals surface area contributed by atoms with Crippen LogP contribution in [0.5, 0.6) is 11.5 Å². The van der Waals surface area contributed by atoms with E-state index in [-0.39, 0.29) is 17.4 Å². The summed E-state index contributed by atoms with van der Waals surface area (Å²) in [5.41, 5.74) is 2.83. The number of nitrogens with zero attached hydrogens (tertiary/aromatic N) is 3. The zero-order chi connectivity index (χ0) is 22.7. The van der Waals surface area contributed by atoms with Crippen molar-refractivity contribution in [1.29, 1.82) is 0 Å². The molecule has 32 heavy (non-hydrogen) atoms. The SMILES string of the molecule is COc1ccccc1OC(C)C(=O)NC1CC(C)(C)Cc2nc(-c3ccncc3)ncc21. The summed E-state index contributed by atoms with van der Waals surface area (Å²) < 4.78 is 11.2. The van der Waals surface area contributed by atoms with Crippen molar-refractivity contribution in [3.63, 3.8) is 0 Å². The van der Waals surface area contributed by atoms with E-state index >= 15 is 0 Å². The van der Waals surface area contributed by atoms with E-state index in [0.29, 0.717) is 17.3 Å². The molecule has 4 rings (SSSR count). The number of pyridine rings is 1. The molecule has 1 aliphatic carbocycles. The third-order valence-corrected chi connectivity index (χ3v) is 5.68. The molecule has 0 bridgehead atoms. The van der Waals surface area contributed by atoms with Crippen molar-refractivity contribution < 1.29 is 14.3 Å². The second-order valence-corrected chi connectivity index (χ2v) is 8.85. The minimum Gasteiger partial charge on any atom is -0.493 e. The van der Waals surface area contributed by atoms with Gasteiger partial charge in [0.2, 0.25) is 0 Å². The number of hydrogen-bond donors (Lipinski definition) is 1. The van der Waals surface area contributed by atoms with Crippen molar-refractivity contribution in [2.75, 3.05) is 7.11 Å². The molecule has 0 spiro atoms. The van der Waals surface area contributed by atoms with Crippen LogP contribution < -0.4 is 14.8 Å². The van der Waals surface area contributed by atoms with Gasteiger partial charge >= 0.3 is 0 Å². The predicted molar refractivity (Wildman–Crippen MR) is 121 cm³/mol. The molecule has 0 saturated heterocycles. The van der Waals surface area contributed by atoms with Crippen LogP contribution in [0, 0.1) is 5.41 Å². The van der Waals surface area contributed by atoms with Crippen molar-refractivity contribution in [2.45, 2.75) is 45.8 Å². The van der Waals surface area contributed by atoms with Crippen LogP contribution in [0.4, 0.5) is 0 Å². The molecule has 166 valence electrons. The lowest BCUT2D eigenvalue weighted by Gasteiger charge is -2.37. The van der Waals surface area contributed by atoms with E-state index in [4.69, 9.17) is 14.5 Å². The first-order chi connectivity index (χ1) is 15.4. The van der Waals surface area contributed by atoms with Gasteiger partial charge in [-0.25, -0.2) is 9.97 Å². The number of fused-ring (bicyclic) bond motifs is 1. The monoisotopic (exact) mass is 432 g/mol. The first-order valence-electron chi connectivity index (χ1n) is 10.7. The van der Waals surface area contributed by atoms with Gasteiger partial charge in [-0.15, -0.1) is 0 Å². The fourth-order valence-corrected chi connectivity index (χ4v) is 4.07. The van der Waals surface area contributed by atoms with Crippen LogP contribution in [-0.4, -0.2) is 34.1 Å². The fraction of sp³-hybridized carbons (Fsp3) is 0.360. The molecule has 1 aromatic carbocycles. The molecule has 2 aromatic heterocycles. The van der Waals surface area contributed by atoms with Gasteiger partial charge in [0.05, 0.1) is 18.8 Å². The first-order valence-corrected chi connectivity index (χ1v) is 10.7. The van der Waals surface area contributed by atoms with Crippen molar-refractivity contribution >= 4 is 5.91 Å². The number of methoxy groups -OCH3 is 1. The molecule has 1 aliphatic rings. The summed E-state index contributed by atoms with van der Waals surface area (Å²) in [6.07, 6.45) is 6.23. The molecule has 7 heteroatoms. The van der Waals surface area contributed by atoms with Crippen molar-refractivity contribution in [1.82, 2.24) is 20.3 Å². The largest absolute Gasteiger partial charge is 0.493 e. The summed E-state index contributed by atoms with van der Waals surface area (Å²) in [6, 6.07) is 10.9. The molecule has 0 aliphatic heterocycles. The van der Waals surface area contributed by atoms with Gasteiger partial charge in [0.15, 0.2) is 23.4 Å². The smallest absolute Gasteiger partial charge is 0.261 e. The molecule has 1 amide bonds. The third kappa shape index (κ3) is 4.72. The van der Waals surface area contributed by atoms with E-state index in [0.717, 1.165) is 29.7 Å². The molecule has 1 N–H and O–H groups in total. The fourth-order valence-electron chi connectivity index (χ4n) is 4.07. The van der Waals surface area contributed by atoms with Gasteiger partial charge < -0.3 is 14.8 Å². The highest BCUT2D eigenvalue weighted by molar-refractivity contribution is 5.81. The number of carbonyl (C=O) groups is 1. The molecular formula is C25H28N4O3. The number of amides is 1. The number of carbonyl (C=O) groups excluding carboxylic acids is 1. The average Bonchev–Trinajstić information content (AvgIpc) is 2.78. The van der Waals surface area contributed by atoms with Crippen molar-refractivity contribution in [2.24, 2.45) is 5.41 Å². The molecule has 3 aromatic rings. The third-order valence-electron chi connectivity index (χ3n) is 5.68. The Bertz CT molecular complexity index is 1100. The summed E-state index contributed by atoms with van der Waals surface area (Å²) in [5.74, 6) is 1.60. The summed E-state index contributed by atoms with van der Waals surface area (Å²) in [6.45, 7) is 6.12. The normalized spacial score (nSPS) is 17.7. The van der Waals surface area contributed by atoms with Gasteiger partial charge in [-0.05, 0) is 49.4 Å². The molecule has 0 fully saturated rings. The van der Waals surface area contributed by atoms with Crippen LogP contribution in [0.15, 0.2) is 55.0 Å². The van der Waals surface area contributed by atoms with Crippen LogP contribution in [0.1, 0.15) is 44.5 Å². The highest BCUT2D eigenvalue weighted by atomic mass is 16.5. The number of nitrogens with one attached hydrogen (secondary N) is 1. The topological polar surface area (TPSA) is 86.2 Å². The summed E-state index contributed by atoms with van der Waals surface area (Å²) in [5, 5.41) is 3.15. The van der Waals surface area contributed by atoms with Crippen LogP contribution in [0.25, 0.3) is 11.4 Å². The standard InChI is InChI=1S/C25H28N4O3/c1-16(32-22-8-6-5-7-21(22)31-4)24(30)29-20-14-25(2,3)13-19-18(20)15-27-23(28-19)17-9-11-26-12-10-17/h5-12,15-16,20H,13-14H2,1-4H3,(H,29,30). The maximum absolute atomic E-state index is 13.0. The predicted octanol–water partition coefficient (Wildman–Crippen LogP) is 4.14. The van der Waals surface area contributed by atoms with Crippen molar-refractivity contribution in [3.8, 4) is 22.9 Å². The number of rotatable bonds is 6. The Morgan fingerprint density at radius 1 is 1.16 bits per heavy atom. The van der Waals surface area contributed by atoms with E-state index in [2.05, 4.69) is 29.1 Å². The summed E-state index contributed by atoms with van der Waals surface area (Å²) in [7, 11) is 1.58.